The fourth-order valence-corrected chi connectivity index (χ4v) is 4.61. The predicted molar refractivity (Wildman–Crippen MR) is 131 cm³/mol. The van der Waals surface area contributed by atoms with Crippen molar-refractivity contribution in [3.63, 3.8) is 0 Å². The van der Waals surface area contributed by atoms with E-state index in [1.54, 1.807) is 0 Å². The van der Waals surface area contributed by atoms with Crippen molar-refractivity contribution >= 4 is 46.3 Å². The summed E-state index contributed by atoms with van der Waals surface area (Å²) in [6, 6.07) is 23.5. The van der Waals surface area contributed by atoms with E-state index in [1.807, 2.05) is 65.6 Å². The molecule has 8 heteroatoms. The van der Waals surface area contributed by atoms with Crippen LogP contribution in [-0.4, -0.2) is 21.9 Å². The van der Waals surface area contributed by atoms with Crippen molar-refractivity contribution in [3.05, 3.63) is 94.8 Å². The Morgan fingerprint density at radius 2 is 1.58 bits per heavy atom. The summed E-state index contributed by atoms with van der Waals surface area (Å²) >= 11 is 7.16. The standard InChI is InChI=1S/C25H21ClN4O2S/c26-19-11-13-20(14-12-19)27-15-23-28-29-25(32-23)33-16-24(31)30-21-7-3-1-5-17(21)9-10-18-6-2-4-8-22(18)30/h1-8,11-14,27H,9-10,15-16H2. The lowest BCUT2D eigenvalue weighted by atomic mass is 10.0. The molecule has 1 N–H and O–H groups in total. The smallest absolute Gasteiger partial charge is 0.277 e. The summed E-state index contributed by atoms with van der Waals surface area (Å²) < 4.78 is 5.71. The van der Waals surface area contributed by atoms with Crippen LogP contribution in [0.4, 0.5) is 17.1 Å². The van der Waals surface area contributed by atoms with E-state index in [1.165, 1.54) is 22.9 Å². The highest BCUT2D eigenvalue weighted by Crippen LogP contribution is 2.36. The second-order valence-electron chi connectivity index (χ2n) is 7.60. The molecule has 166 valence electrons. The number of halogens is 1. The number of benzene rings is 3. The molecule has 0 unspecified atom stereocenters. The van der Waals surface area contributed by atoms with E-state index in [-0.39, 0.29) is 11.7 Å². The summed E-state index contributed by atoms with van der Waals surface area (Å²) in [7, 11) is 0. The molecular weight excluding hydrogens is 456 g/mol. The Morgan fingerprint density at radius 3 is 2.24 bits per heavy atom. The highest BCUT2D eigenvalue weighted by molar-refractivity contribution is 7.99. The number of hydrogen-bond donors (Lipinski definition) is 1. The maximum absolute atomic E-state index is 13.4. The van der Waals surface area contributed by atoms with Gasteiger partial charge in [0.1, 0.15) is 0 Å². The van der Waals surface area contributed by atoms with E-state index in [2.05, 4.69) is 27.6 Å². The number of carbonyl (C=O) groups is 1. The summed E-state index contributed by atoms with van der Waals surface area (Å²) in [5.41, 5.74) is 5.11. The van der Waals surface area contributed by atoms with Crippen LogP contribution in [0.3, 0.4) is 0 Å². The van der Waals surface area contributed by atoms with Gasteiger partial charge in [-0.05, 0) is 60.4 Å². The minimum atomic E-state index is -0.0270. The van der Waals surface area contributed by atoms with Crippen LogP contribution in [0, 0.1) is 0 Å². The summed E-state index contributed by atoms with van der Waals surface area (Å²) in [6.07, 6.45) is 1.80. The minimum absolute atomic E-state index is 0.0270. The van der Waals surface area contributed by atoms with Crippen molar-refractivity contribution in [1.82, 2.24) is 10.2 Å². The van der Waals surface area contributed by atoms with E-state index >= 15 is 0 Å². The Hall–Kier alpha value is -3.29. The maximum atomic E-state index is 13.4. The fourth-order valence-electron chi connectivity index (χ4n) is 3.85. The number of rotatable bonds is 6. The van der Waals surface area contributed by atoms with Crippen LogP contribution < -0.4 is 10.2 Å². The molecule has 0 saturated heterocycles. The third-order valence-corrected chi connectivity index (χ3v) is 6.49. The Labute approximate surface area is 201 Å². The molecule has 0 fully saturated rings. The Bertz CT molecular complexity index is 1230. The number of thioether (sulfide) groups is 1. The van der Waals surface area contributed by atoms with Gasteiger partial charge in [0.15, 0.2) is 0 Å². The fraction of sp³-hybridized carbons (Fsp3) is 0.160. The molecule has 33 heavy (non-hydrogen) atoms. The number of nitrogens with one attached hydrogen (secondary N) is 1. The van der Waals surface area contributed by atoms with Gasteiger partial charge in [-0.3, -0.25) is 9.69 Å². The van der Waals surface area contributed by atoms with E-state index < -0.39 is 0 Å². The molecule has 0 aliphatic carbocycles. The second-order valence-corrected chi connectivity index (χ2v) is 8.96. The number of aromatic nitrogens is 2. The molecule has 0 radical (unpaired) electrons. The van der Waals surface area contributed by atoms with E-state index in [0.717, 1.165) is 29.9 Å². The first-order valence-electron chi connectivity index (χ1n) is 10.6. The molecule has 1 aliphatic heterocycles. The third-order valence-electron chi connectivity index (χ3n) is 5.43. The molecule has 0 spiro atoms. The number of para-hydroxylation sites is 2. The van der Waals surface area contributed by atoms with Crippen LogP contribution in [0.2, 0.25) is 5.02 Å². The topological polar surface area (TPSA) is 71.3 Å². The highest BCUT2D eigenvalue weighted by atomic mass is 35.5. The largest absolute Gasteiger partial charge is 0.414 e. The summed E-state index contributed by atoms with van der Waals surface area (Å²) in [6.45, 7) is 0.385. The number of hydrogen-bond acceptors (Lipinski definition) is 6. The van der Waals surface area contributed by atoms with Crippen LogP contribution in [0.15, 0.2) is 82.4 Å². The molecule has 5 rings (SSSR count). The van der Waals surface area contributed by atoms with Gasteiger partial charge in [0, 0.05) is 10.7 Å². The first-order valence-corrected chi connectivity index (χ1v) is 12.0. The molecule has 3 aromatic carbocycles. The highest BCUT2D eigenvalue weighted by Gasteiger charge is 2.26. The predicted octanol–water partition coefficient (Wildman–Crippen LogP) is 5.89. The molecule has 4 aromatic rings. The quantitative estimate of drug-likeness (QED) is 0.350. The molecule has 6 nitrogen and oxygen atoms in total. The minimum Gasteiger partial charge on any atom is -0.414 e. The summed E-state index contributed by atoms with van der Waals surface area (Å²) in [5, 5.41) is 12.4. The van der Waals surface area contributed by atoms with Crippen LogP contribution in [-0.2, 0) is 24.2 Å². The van der Waals surface area contributed by atoms with Crippen molar-refractivity contribution in [3.8, 4) is 0 Å². The monoisotopic (exact) mass is 476 g/mol. The summed E-state index contributed by atoms with van der Waals surface area (Å²) in [4.78, 5) is 15.2. The first-order chi connectivity index (χ1) is 16.2. The van der Waals surface area contributed by atoms with Gasteiger partial charge in [0.2, 0.25) is 11.8 Å². The Balaban J connectivity index is 1.27. The average Bonchev–Trinajstić information content (AvgIpc) is 3.23. The van der Waals surface area contributed by atoms with Crippen molar-refractivity contribution in [2.24, 2.45) is 0 Å². The van der Waals surface area contributed by atoms with E-state index in [9.17, 15) is 4.79 Å². The Kier molecular flexibility index (Phi) is 6.32. The SMILES string of the molecule is O=C(CSc1nnc(CNc2ccc(Cl)cc2)o1)N1c2ccccc2CCc2ccccc21. The molecule has 1 aliphatic rings. The number of anilines is 3. The number of nitrogens with zero attached hydrogens (tertiary/aromatic N) is 3. The Morgan fingerprint density at radius 1 is 0.939 bits per heavy atom. The molecule has 1 amide bonds. The molecule has 2 heterocycles. The van der Waals surface area contributed by atoms with Crippen LogP contribution >= 0.6 is 23.4 Å². The number of amides is 1. The summed E-state index contributed by atoms with van der Waals surface area (Å²) in [5.74, 6) is 0.612. The number of fused-ring (bicyclic) bond motifs is 2. The van der Waals surface area contributed by atoms with Gasteiger partial charge in [-0.15, -0.1) is 10.2 Å². The van der Waals surface area contributed by atoms with Crippen LogP contribution in [0.25, 0.3) is 0 Å². The zero-order chi connectivity index (χ0) is 22.6. The van der Waals surface area contributed by atoms with Gasteiger partial charge in [-0.25, -0.2) is 0 Å². The molecule has 0 bridgehead atoms. The van der Waals surface area contributed by atoms with E-state index in [4.69, 9.17) is 16.0 Å². The van der Waals surface area contributed by atoms with Crippen molar-refractivity contribution in [2.75, 3.05) is 16.0 Å². The van der Waals surface area contributed by atoms with Gasteiger partial charge in [-0.1, -0.05) is 59.8 Å². The van der Waals surface area contributed by atoms with Crippen LogP contribution in [0.5, 0.6) is 0 Å². The lowest BCUT2D eigenvalue weighted by molar-refractivity contribution is -0.115. The zero-order valence-electron chi connectivity index (χ0n) is 17.7. The number of carbonyl (C=O) groups excluding carboxylic acids is 1. The first kappa shape index (κ1) is 21.6. The second kappa shape index (κ2) is 9.68. The average molecular weight is 477 g/mol. The van der Waals surface area contributed by atoms with Gasteiger partial charge in [0.05, 0.1) is 23.7 Å². The van der Waals surface area contributed by atoms with Gasteiger partial charge in [0.25, 0.3) is 5.22 Å². The third kappa shape index (κ3) is 4.89. The van der Waals surface area contributed by atoms with Gasteiger partial charge in [-0.2, -0.15) is 0 Å². The molecule has 0 saturated carbocycles. The van der Waals surface area contributed by atoms with Crippen molar-refractivity contribution in [2.45, 2.75) is 24.6 Å². The zero-order valence-corrected chi connectivity index (χ0v) is 19.3. The lowest BCUT2D eigenvalue weighted by Crippen LogP contribution is -2.28. The maximum Gasteiger partial charge on any atom is 0.277 e. The molecule has 0 atom stereocenters. The molecular formula is C25H21ClN4O2S. The lowest BCUT2D eigenvalue weighted by Gasteiger charge is -2.24. The van der Waals surface area contributed by atoms with Crippen molar-refractivity contribution in [1.29, 1.82) is 0 Å². The van der Waals surface area contributed by atoms with Gasteiger partial charge < -0.3 is 9.73 Å². The van der Waals surface area contributed by atoms with E-state index in [0.29, 0.717) is 22.7 Å². The normalized spacial score (nSPS) is 12.6. The van der Waals surface area contributed by atoms with Gasteiger partial charge >= 0.3 is 0 Å². The van der Waals surface area contributed by atoms with Crippen molar-refractivity contribution < 1.29 is 9.21 Å². The van der Waals surface area contributed by atoms with Crippen LogP contribution in [0.1, 0.15) is 17.0 Å². The molecule has 1 aromatic heterocycles. The number of aryl methyl sites for hydroxylation is 2.